The molecular weight excluding hydrogens is 467 g/mol. The molecule has 7 heteroatoms. The van der Waals surface area contributed by atoms with Crippen molar-refractivity contribution < 1.29 is 18.7 Å². The number of halogens is 2. The second-order valence-electron chi connectivity index (χ2n) is 7.70. The first-order valence-electron chi connectivity index (χ1n) is 11.3. The lowest BCUT2D eigenvalue weighted by atomic mass is 10.1. The van der Waals surface area contributed by atoms with Crippen molar-refractivity contribution in [3.63, 3.8) is 0 Å². The lowest BCUT2D eigenvalue weighted by Crippen LogP contribution is -2.25. The van der Waals surface area contributed by atoms with Gasteiger partial charge in [-0.3, -0.25) is 4.79 Å². The highest BCUT2D eigenvalue weighted by molar-refractivity contribution is 6.32. The largest absolute Gasteiger partial charge is 0.490 e. The van der Waals surface area contributed by atoms with Crippen molar-refractivity contribution in [2.45, 2.75) is 26.4 Å². The molecule has 1 N–H and O–H groups in total. The molecule has 180 valence electrons. The van der Waals surface area contributed by atoms with Crippen LogP contribution >= 0.6 is 11.6 Å². The molecule has 1 amide bonds. The minimum Gasteiger partial charge on any atom is -0.490 e. The summed E-state index contributed by atoms with van der Waals surface area (Å²) in [4.78, 5) is 12.5. The molecule has 0 saturated heterocycles. The molecule has 3 aromatic carbocycles. The fraction of sp³-hybridized carbons (Fsp3) is 0.214. The molecule has 0 radical (unpaired) electrons. The zero-order valence-electron chi connectivity index (χ0n) is 19.4. The van der Waals surface area contributed by atoms with Gasteiger partial charge in [-0.25, -0.2) is 4.39 Å². The second kappa shape index (κ2) is 13.2. The number of nitrogens with zero attached hydrogens (tertiary/aromatic N) is 1. The van der Waals surface area contributed by atoms with Gasteiger partial charge in [0.1, 0.15) is 24.1 Å². The van der Waals surface area contributed by atoms with E-state index in [1.54, 1.807) is 24.3 Å². The van der Waals surface area contributed by atoms with Crippen LogP contribution in [0.15, 0.2) is 72.3 Å². The third-order valence-corrected chi connectivity index (χ3v) is 5.33. The van der Waals surface area contributed by atoms with E-state index >= 15 is 0 Å². The molecule has 0 fully saturated rings. The Morgan fingerprint density at radius 1 is 1.09 bits per heavy atom. The monoisotopic (exact) mass is 492 g/mol. The summed E-state index contributed by atoms with van der Waals surface area (Å²) < 4.78 is 24.9. The lowest BCUT2D eigenvalue weighted by Gasteiger charge is -2.15. The Kier molecular flexibility index (Phi) is 9.70. The number of benzene rings is 3. The predicted molar refractivity (Wildman–Crippen MR) is 135 cm³/mol. The lowest BCUT2D eigenvalue weighted by molar-refractivity contribution is -0.117. The fourth-order valence-electron chi connectivity index (χ4n) is 3.41. The molecule has 35 heavy (non-hydrogen) atoms. The van der Waals surface area contributed by atoms with Crippen LogP contribution in [0.5, 0.6) is 11.5 Å². The van der Waals surface area contributed by atoms with Crippen molar-refractivity contribution in [3.05, 3.63) is 99.8 Å². The maximum atomic E-state index is 13.4. The molecule has 0 aromatic heterocycles. The number of hydrogen-bond donors (Lipinski definition) is 1. The molecule has 0 aliphatic carbocycles. The van der Waals surface area contributed by atoms with Crippen LogP contribution in [0.4, 0.5) is 4.39 Å². The van der Waals surface area contributed by atoms with E-state index in [4.69, 9.17) is 21.1 Å². The molecule has 0 saturated carbocycles. The molecule has 3 aromatic rings. The highest BCUT2D eigenvalue weighted by Crippen LogP contribution is 2.38. The average molecular weight is 493 g/mol. The van der Waals surface area contributed by atoms with Crippen LogP contribution in [0.25, 0.3) is 6.08 Å². The van der Waals surface area contributed by atoms with Crippen LogP contribution in [0.1, 0.15) is 30.0 Å². The molecule has 0 aliphatic rings. The van der Waals surface area contributed by atoms with Crippen LogP contribution < -0.4 is 14.8 Å². The minimum absolute atomic E-state index is 0.0448. The number of nitriles is 1. The number of aryl methyl sites for hydroxylation is 1. The normalized spacial score (nSPS) is 11.0. The summed E-state index contributed by atoms with van der Waals surface area (Å²) in [6.45, 7) is 2.72. The van der Waals surface area contributed by atoms with Crippen LogP contribution in [0.2, 0.25) is 5.02 Å². The van der Waals surface area contributed by atoms with Crippen molar-refractivity contribution >= 4 is 23.6 Å². The van der Waals surface area contributed by atoms with E-state index in [1.807, 2.05) is 43.3 Å². The van der Waals surface area contributed by atoms with Gasteiger partial charge in [-0.1, -0.05) is 54.1 Å². The van der Waals surface area contributed by atoms with E-state index in [-0.39, 0.29) is 23.0 Å². The van der Waals surface area contributed by atoms with Crippen LogP contribution in [-0.4, -0.2) is 19.1 Å². The molecular formula is C28H26ClFN2O3. The summed E-state index contributed by atoms with van der Waals surface area (Å²) in [5, 5.41) is 12.6. The summed E-state index contributed by atoms with van der Waals surface area (Å²) >= 11 is 6.44. The van der Waals surface area contributed by atoms with Gasteiger partial charge in [0, 0.05) is 6.54 Å². The topological polar surface area (TPSA) is 71.3 Å². The zero-order chi connectivity index (χ0) is 25.0. The number of rotatable bonds is 11. The van der Waals surface area contributed by atoms with Gasteiger partial charge in [0.2, 0.25) is 0 Å². The van der Waals surface area contributed by atoms with Gasteiger partial charge in [-0.2, -0.15) is 5.26 Å². The fourth-order valence-corrected chi connectivity index (χ4v) is 3.68. The SMILES string of the molecule is CCOc1cc(/C=C(/C#N)C(=O)NCCCc2ccccc2)cc(Cl)c1OCc1cccc(F)c1. The van der Waals surface area contributed by atoms with Crippen molar-refractivity contribution in [2.24, 2.45) is 0 Å². The van der Waals surface area contributed by atoms with E-state index in [2.05, 4.69) is 5.32 Å². The Bertz CT molecular complexity index is 1220. The van der Waals surface area contributed by atoms with Crippen molar-refractivity contribution in [1.29, 1.82) is 5.26 Å². The Morgan fingerprint density at radius 2 is 1.86 bits per heavy atom. The molecule has 0 atom stereocenters. The molecule has 0 unspecified atom stereocenters. The first-order chi connectivity index (χ1) is 17.0. The Labute approximate surface area is 209 Å². The van der Waals surface area contributed by atoms with E-state index in [0.29, 0.717) is 35.8 Å². The third-order valence-electron chi connectivity index (χ3n) is 5.05. The zero-order valence-corrected chi connectivity index (χ0v) is 20.1. The van der Waals surface area contributed by atoms with Gasteiger partial charge in [0.05, 0.1) is 11.6 Å². The standard InChI is InChI=1S/C28H26ClFN2O3/c1-2-34-26-17-22(16-25(29)27(26)35-19-21-10-6-12-24(30)15-21)14-23(18-31)28(33)32-13-7-11-20-8-4-3-5-9-20/h3-6,8-10,12,14-17H,2,7,11,13,19H2,1H3,(H,32,33)/b23-14-. The smallest absolute Gasteiger partial charge is 0.261 e. The van der Waals surface area contributed by atoms with E-state index < -0.39 is 5.91 Å². The summed E-state index contributed by atoms with van der Waals surface area (Å²) in [5.41, 5.74) is 2.31. The average Bonchev–Trinajstić information content (AvgIpc) is 2.85. The van der Waals surface area contributed by atoms with Gasteiger partial charge in [0.15, 0.2) is 11.5 Å². The number of amides is 1. The first kappa shape index (κ1) is 25.8. The maximum Gasteiger partial charge on any atom is 0.261 e. The quantitative estimate of drug-likeness (QED) is 0.199. The van der Waals surface area contributed by atoms with Crippen LogP contribution in [0, 0.1) is 17.1 Å². The van der Waals surface area contributed by atoms with Crippen LogP contribution in [0.3, 0.4) is 0 Å². The van der Waals surface area contributed by atoms with Gasteiger partial charge in [-0.05, 0) is 66.8 Å². The highest BCUT2D eigenvalue weighted by atomic mass is 35.5. The number of nitrogens with one attached hydrogen (secondary N) is 1. The van der Waals surface area contributed by atoms with Gasteiger partial charge < -0.3 is 14.8 Å². The van der Waals surface area contributed by atoms with Crippen molar-refractivity contribution in [1.82, 2.24) is 5.32 Å². The van der Waals surface area contributed by atoms with Gasteiger partial charge in [-0.15, -0.1) is 0 Å². The molecule has 3 rings (SSSR count). The molecule has 0 bridgehead atoms. The molecule has 0 heterocycles. The molecule has 5 nitrogen and oxygen atoms in total. The summed E-state index contributed by atoms with van der Waals surface area (Å²) in [6.07, 6.45) is 3.04. The van der Waals surface area contributed by atoms with Crippen molar-refractivity contribution in [3.8, 4) is 17.6 Å². The first-order valence-corrected chi connectivity index (χ1v) is 11.7. The highest BCUT2D eigenvalue weighted by Gasteiger charge is 2.15. The molecule has 0 spiro atoms. The minimum atomic E-state index is -0.457. The number of hydrogen-bond acceptors (Lipinski definition) is 4. The van der Waals surface area contributed by atoms with Crippen molar-refractivity contribution in [2.75, 3.05) is 13.2 Å². The van der Waals surface area contributed by atoms with E-state index in [1.165, 1.54) is 23.8 Å². The Balaban J connectivity index is 1.68. The third kappa shape index (κ3) is 7.87. The maximum absolute atomic E-state index is 13.4. The summed E-state index contributed by atoms with van der Waals surface area (Å²) in [7, 11) is 0. The second-order valence-corrected chi connectivity index (χ2v) is 8.10. The Morgan fingerprint density at radius 3 is 2.57 bits per heavy atom. The summed E-state index contributed by atoms with van der Waals surface area (Å²) in [6, 6.07) is 21.2. The van der Waals surface area contributed by atoms with Gasteiger partial charge in [0.25, 0.3) is 5.91 Å². The van der Waals surface area contributed by atoms with E-state index in [9.17, 15) is 14.4 Å². The number of carbonyl (C=O) groups is 1. The summed E-state index contributed by atoms with van der Waals surface area (Å²) in [5.74, 6) is -0.145. The number of carbonyl (C=O) groups excluding carboxylic acids is 1. The predicted octanol–water partition coefficient (Wildman–Crippen LogP) is 6.11. The number of ether oxygens (including phenoxy) is 2. The van der Waals surface area contributed by atoms with Gasteiger partial charge >= 0.3 is 0 Å². The van der Waals surface area contributed by atoms with E-state index in [0.717, 1.165) is 12.8 Å². The van der Waals surface area contributed by atoms with Crippen LogP contribution in [-0.2, 0) is 17.8 Å². The molecule has 0 aliphatic heterocycles. The Hall–Kier alpha value is -3.82.